The van der Waals surface area contributed by atoms with Crippen LogP contribution in [0.1, 0.15) is 95.8 Å². The van der Waals surface area contributed by atoms with Crippen molar-refractivity contribution in [2.75, 3.05) is 54.0 Å². The maximum Gasteiger partial charge on any atom is 0.344 e. The van der Waals surface area contributed by atoms with Gasteiger partial charge in [-0.3, -0.25) is 14.4 Å². The van der Waals surface area contributed by atoms with E-state index in [4.69, 9.17) is 28.6 Å². The molecule has 18 nitrogen and oxygen atoms in total. The number of aryl methyl sites for hydroxylation is 5. The topological polar surface area (TPSA) is 224 Å². The van der Waals surface area contributed by atoms with Gasteiger partial charge in [0.25, 0.3) is 0 Å². The molecule has 0 spiro atoms. The number of anilines is 3. The van der Waals surface area contributed by atoms with E-state index in [1.54, 1.807) is 0 Å². The lowest BCUT2D eigenvalue weighted by molar-refractivity contribution is -0.671. The highest BCUT2D eigenvalue weighted by Crippen LogP contribution is 2.42. The number of hydrogen-bond acceptors (Lipinski definition) is 12. The predicted molar refractivity (Wildman–Crippen MR) is 336 cm³/mol. The van der Waals surface area contributed by atoms with Crippen molar-refractivity contribution in [1.29, 1.82) is 0 Å². The van der Waals surface area contributed by atoms with Crippen molar-refractivity contribution in [1.82, 2.24) is 0 Å². The average molecular weight is 1180 g/mol. The van der Waals surface area contributed by atoms with Crippen molar-refractivity contribution in [3.8, 4) is 33.4 Å². The number of aliphatic carboxylic acids is 3. The Morgan fingerprint density at radius 3 is 1.30 bits per heavy atom. The van der Waals surface area contributed by atoms with Crippen LogP contribution in [0, 0.1) is 0 Å². The highest BCUT2D eigenvalue weighted by atomic mass is 16.4. The van der Waals surface area contributed by atoms with Crippen LogP contribution >= 0.6 is 0 Å². The number of carbonyl (C=O) groups is 3. The fourth-order valence-electron chi connectivity index (χ4n) is 11.9. The van der Waals surface area contributed by atoms with E-state index >= 15 is 0 Å². The first-order valence-electron chi connectivity index (χ1n) is 29.4. The number of nitrogens with zero attached hydrogens (tertiary/aromatic N) is 6. The molecule has 87 heavy (non-hydrogen) atoms. The minimum atomic E-state index is -0.779. The minimum Gasteiger partial charge on any atom is -0.481 e. The van der Waals surface area contributed by atoms with Crippen molar-refractivity contribution >= 4 is 67.9 Å². The van der Waals surface area contributed by atoms with Gasteiger partial charge < -0.3 is 43.3 Å². The van der Waals surface area contributed by atoms with E-state index in [9.17, 15) is 28.8 Å². The molecule has 0 saturated heterocycles. The van der Waals surface area contributed by atoms with Crippen LogP contribution in [0.25, 0.3) is 66.3 Å². The average Bonchev–Trinajstić information content (AvgIpc) is 1.01. The summed E-state index contributed by atoms with van der Waals surface area (Å²) in [4.78, 5) is 77.0. The quantitative estimate of drug-likeness (QED) is 0.0641. The number of carboxylic acid groups (broad SMARTS) is 3. The molecule has 3 aromatic carbocycles. The molecule has 452 valence electrons. The van der Waals surface area contributed by atoms with E-state index in [1.807, 2.05) is 145 Å². The van der Waals surface area contributed by atoms with E-state index in [-0.39, 0.29) is 49.0 Å². The lowest BCUT2D eigenvalue weighted by atomic mass is 9.77. The zero-order valence-electron chi connectivity index (χ0n) is 49.3. The number of benzene rings is 3. The van der Waals surface area contributed by atoms with Gasteiger partial charge >= 0.3 is 34.8 Å². The third kappa shape index (κ3) is 14.6. The Kier molecular flexibility index (Phi) is 19.2. The second-order valence-corrected chi connectivity index (χ2v) is 23.3. The molecule has 18 heteroatoms. The molecule has 3 aliphatic heterocycles. The van der Waals surface area contributed by atoms with Crippen LogP contribution in [0.2, 0.25) is 0 Å². The van der Waals surface area contributed by atoms with Gasteiger partial charge in [-0.2, -0.15) is 0 Å². The summed E-state index contributed by atoms with van der Waals surface area (Å²) >= 11 is 0. The standard InChI is InChI=1S/C24H26N2O4.2C22H22N2O4.CH4/c1-24(2)8-11-26(10-5-7-22(27)28)20-14-21-17(13-19(20)24)12-18(23(29)30-21)16-6-4-9-25(3)15-16;1-23-8-2-6-16(14-23)18-12-17-11-15-5-3-9-24(10-4-7-21(25)26)19(15)13-20(17)28-22(18)27;1-23-10-6-15(7-11-23)18-13-17-12-16-4-2-8-24(9-3-5-21(25)26)19(16)14-20(17)28-22(18)27;/h4,6,9,12-15H,5,7-8,10-11H2,1-3H3;2,6,8,11-14H,3-5,7,9-10H2,1H3;6-7,10-14H,2-5,8-9H2,1H3;1H4/p+3. The molecular weight excluding hydrogens is 1100 g/mol. The second kappa shape index (κ2) is 26.9. The van der Waals surface area contributed by atoms with Gasteiger partial charge in [0.05, 0.1) is 27.8 Å². The number of fused-ring (bicyclic) bond motifs is 6. The Balaban J connectivity index is 0.000000155. The van der Waals surface area contributed by atoms with E-state index in [0.717, 1.165) is 102 Å². The maximum atomic E-state index is 12.7. The molecule has 3 N–H and O–H groups in total. The summed E-state index contributed by atoms with van der Waals surface area (Å²) in [6, 6.07) is 29.3. The van der Waals surface area contributed by atoms with E-state index in [1.165, 1.54) is 16.7 Å². The number of carboxylic acids is 3. The van der Waals surface area contributed by atoms with E-state index in [0.29, 0.717) is 72.3 Å². The first-order valence-corrected chi connectivity index (χ1v) is 29.4. The molecule has 3 aliphatic rings. The van der Waals surface area contributed by atoms with Crippen LogP contribution in [0.3, 0.4) is 0 Å². The Labute approximate surface area is 504 Å². The normalized spacial score (nSPS) is 14.0. The summed E-state index contributed by atoms with van der Waals surface area (Å²) in [5.74, 6) is -2.33. The summed E-state index contributed by atoms with van der Waals surface area (Å²) in [5, 5.41) is 29.4. The number of rotatable bonds is 15. The summed E-state index contributed by atoms with van der Waals surface area (Å²) < 4.78 is 22.8. The van der Waals surface area contributed by atoms with Gasteiger partial charge in [-0.25, -0.2) is 28.1 Å². The summed E-state index contributed by atoms with van der Waals surface area (Å²) in [5.41, 5.74) is 11.5. The molecule has 0 saturated carbocycles. The number of pyridine rings is 3. The van der Waals surface area contributed by atoms with Crippen molar-refractivity contribution in [3.63, 3.8) is 0 Å². The third-order valence-corrected chi connectivity index (χ3v) is 16.5. The minimum absolute atomic E-state index is 0. The molecule has 0 atom stereocenters. The van der Waals surface area contributed by atoms with Crippen molar-refractivity contribution in [2.24, 2.45) is 21.1 Å². The van der Waals surface area contributed by atoms with Gasteiger partial charge in [0, 0.05) is 140 Å². The highest BCUT2D eigenvalue weighted by molar-refractivity contribution is 5.89. The summed E-state index contributed by atoms with van der Waals surface area (Å²) in [6.45, 7) is 9.13. The van der Waals surface area contributed by atoms with Crippen LogP contribution < -0.4 is 45.3 Å². The first kappa shape index (κ1) is 62.1. The fourth-order valence-corrected chi connectivity index (χ4v) is 11.9. The van der Waals surface area contributed by atoms with Crippen LogP contribution in [-0.4, -0.2) is 72.5 Å². The smallest absolute Gasteiger partial charge is 0.344 e. The Morgan fingerprint density at radius 1 is 0.494 bits per heavy atom. The largest absolute Gasteiger partial charge is 0.481 e. The first-order chi connectivity index (χ1) is 41.3. The zero-order chi connectivity index (χ0) is 60.8. The van der Waals surface area contributed by atoms with Gasteiger partial charge in [-0.1, -0.05) is 21.3 Å². The van der Waals surface area contributed by atoms with Crippen LogP contribution in [0.5, 0.6) is 0 Å². The molecule has 0 amide bonds. The van der Waals surface area contributed by atoms with Crippen LogP contribution in [0.4, 0.5) is 17.1 Å². The molecule has 9 heterocycles. The fraction of sp³-hybridized carbons (Fsp3) is 0.348. The van der Waals surface area contributed by atoms with Gasteiger partial charge in [-0.15, -0.1) is 0 Å². The molecular formula is C69H77N6O12+3. The van der Waals surface area contributed by atoms with Crippen molar-refractivity contribution in [2.45, 2.75) is 97.3 Å². The molecule has 0 aliphatic carbocycles. The Hall–Kier alpha value is -9.45. The molecule has 0 radical (unpaired) electrons. The molecule has 6 aromatic heterocycles. The summed E-state index contributed by atoms with van der Waals surface area (Å²) in [6.07, 6.45) is 18.7. The van der Waals surface area contributed by atoms with E-state index in [2.05, 4.69) is 46.7 Å². The second-order valence-electron chi connectivity index (χ2n) is 23.3. The number of aromatic nitrogens is 3. The van der Waals surface area contributed by atoms with Crippen LogP contribution in [-0.2, 0) is 53.8 Å². The zero-order valence-corrected chi connectivity index (χ0v) is 49.3. The third-order valence-electron chi connectivity index (χ3n) is 16.5. The van der Waals surface area contributed by atoms with Gasteiger partial charge in [0.1, 0.15) is 37.9 Å². The van der Waals surface area contributed by atoms with E-state index < -0.39 is 17.9 Å². The molecule has 9 aromatic rings. The van der Waals surface area contributed by atoms with Gasteiger partial charge in [-0.05, 0) is 122 Å². The highest BCUT2D eigenvalue weighted by Gasteiger charge is 2.32. The van der Waals surface area contributed by atoms with Crippen LogP contribution in [0.15, 0.2) is 156 Å². The SMILES string of the molecule is C.C[n+]1ccc(-c2cc3cc4c(cc3oc2=O)N(CCCC(=O)O)CCC4)cc1.C[n+]1cccc(-c2cc3cc4c(cc3oc2=O)N(CCCC(=O)O)CCC4(C)C)c1.C[n+]1cccc(-c2cc3cc4c(cc3oc2=O)N(CCCC(=O)O)CCC4)c1. The molecule has 0 unspecified atom stereocenters. The molecule has 0 bridgehead atoms. The molecule has 12 rings (SSSR count). The Morgan fingerprint density at radius 2 is 0.885 bits per heavy atom. The predicted octanol–water partition coefficient (Wildman–Crippen LogP) is 10.1. The Bertz CT molecular complexity index is 4230. The van der Waals surface area contributed by atoms with Crippen molar-refractivity contribution in [3.05, 3.63) is 176 Å². The summed E-state index contributed by atoms with van der Waals surface area (Å²) in [7, 11) is 5.77. The lowest BCUT2D eigenvalue weighted by Gasteiger charge is -2.40. The maximum absolute atomic E-state index is 12.7. The lowest BCUT2D eigenvalue weighted by Crippen LogP contribution is -2.38. The van der Waals surface area contributed by atoms with Gasteiger partial charge in [0.2, 0.25) is 0 Å². The van der Waals surface area contributed by atoms with Gasteiger partial charge in [0.15, 0.2) is 37.2 Å². The number of hydrogen-bond donors (Lipinski definition) is 3. The monoisotopic (exact) mass is 1180 g/mol. The molecule has 0 fully saturated rings. The van der Waals surface area contributed by atoms with Crippen molar-refractivity contribution < 1.29 is 56.7 Å².